The number of nitrogens with zero attached hydrogens (tertiary/aromatic N) is 1. The Morgan fingerprint density at radius 2 is 2.31 bits per heavy atom. The first-order valence-electron chi connectivity index (χ1n) is 5.79. The van der Waals surface area contributed by atoms with Crippen molar-refractivity contribution in [2.24, 2.45) is 0 Å². The average Bonchev–Trinajstić information content (AvgIpc) is 2.37. The minimum absolute atomic E-state index is 0.169. The minimum atomic E-state index is 0.169. The van der Waals surface area contributed by atoms with Crippen molar-refractivity contribution >= 4 is 5.82 Å². The van der Waals surface area contributed by atoms with Crippen molar-refractivity contribution in [2.45, 2.75) is 39.5 Å². The molecule has 2 N–H and O–H groups in total. The van der Waals surface area contributed by atoms with Gasteiger partial charge in [-0.05, 0) is 32.9 Å². The van der Waals surface area contributed by atoms with E-state index in [1.54, 1.807) is 0 Å². The summed E-state index contributed by atoms with van der Waals surface area (Å²) in [5, 5.41) is 6.61. The van der Waals surface area contributed by atoms with Crippen molar-refractivity contribution in [3.05, 3.63) is 17.7 Å². The molecule has 88 valence electrons. The number of aromatic nitrogens is 1. The van der Waals surface area contributed by atoms with E-state index < -0.39 is 0 Å². The summed E-state index contributed by atoms with van der Waals surface area (Å²) in [5.74, 6) is 1.63. The molecule has 0 amide bonds. The van der Waals surface area contributed by atoms with Gasteiger partial charge in [-0.15, -0.1) is 0 Å². The fourth-order valence-corrected chi connectivity index (χ4v) is 1.72. The number of hydrogen-bond acceptors (Lipinski definition) is 4. The van der Waals surface area contributed by atoms with Gasteiger partial charge in [0.1, 0.15) is 11.9 Å². The molecule has 0 unspecified atom stereocenters. The first-order valence-corrected chi connectivity index (χ1v) is 5.79. The Morgan fingerprint density at radius 3 is 3.06 bits per heavy atom. The highest BCUT2D eigenvalue weighted by molar-refractivity contribution is 5.42. The van der Waals surface area contributed by atoms with Crippen LogP contribution < -0.4 is 15.4 Å². The highest BCUT2D eigenvalue weighted by Gasteiger charge is 2.15. The van der Waals surface area contributed by atoms with Gasteiger partial charge < -0.3 is 15.4 Å². The van der Waals surface area contributed by atoms with Crippen LogP contribution in [0.2, 0.25) is 0 Å². The molecule has 1 aliphatic heterocycles. The Balaban J connectivity index is 2.22. The molecule has 1 aliphatic rings. The second kappa shape index (κ2) is 4.70. The number of ether oxygens (including phenoxy) is 1. The maximum atomic E-state index is 5.77. The molecule has 4 heteroatoms. The summed E-state index contributed by atoms with van der Waals surface area (Å²) >= 11 is 0. The second-order valence-corrected chi connectivity index (χ2v) is 4.52. The van der Waals surface area contributed by atoms with E-state index in [-0.39, 0.29) is 6.10 Å². The van der Waals surface area contributed by atoms with Crippen LogP contribution in [0.4, 0.5) is 5.82 Å². The first kappa shape index (κ1) is 11.2. The van der Waals surface area contributed by atoms with E-state index in [1.165, 1.54) is 0 Å². The smallest absolute Gasteiger partial charge is 0.220 e. The summed E-state index contributed by atoms with van der Waals surface area (Å²) in [5.41, 5.74) is 1.12. The van der Waals surface area contributed by atoms with Crippen LogP contribution in [-0.4, -0.2) is 23.7 Å². The molecule has 1 aromatic rings. The van der Waals surface area contributed by atoms with Gasteiger partial charge >= 0.3 is 0 Å². The van der Waals surface area contributed by atoms with Crippen LogP contribution in [0, 0.1) is 0 Å². The van der Waals surface area contributed by atoms with E-state index in [0.29, 0.717) is 6.04 Å². The third kappa shape index (κ3) is 2.64. The third-order valence-corrected chi connectivity index (χ3v) is 2.44. The quantitative estimate of drug-likeness (QED) is 0.799. The van der Waals surface area contributed by atoms with Gasteiger partial charge in [-0.3, -0.25) is 0 Å². The summed E-state index contributed by atoms with van der Waals surface area (Å²) in [6, 6.07) is 4.45. The van der Waals surface area contributed by atoms with Crippen LogP contribution in [0.1, 0.15) is 26.3 Å². The molecule has 4 nitrogen and oxygen atoms in total. The van der Waals surface area contributed by atoms with Crippen molar-refractivity contribution in [3.63, 3.8) is 0 Å². The van der Waals surface area contributed by atoms with Crippen LogP contribution in [0.25, 0.3) is 0 Å². The Kier molecular flexibility index (Phi) is 3.29. The van der Waals surface area contributed by atoms with Gasteiger partial charge in [-0.1, -0.05) is 0 Å². The number of pyridine rings is 1. The van der Waals surface area contributed by atoms with E-state index in [4.69, 9.17) is 4.74 Å². The number of anilines is 1. The summed E-state index contributed by atoms with van der Waals surface area (Å²) in [7, 11) is 0. The summed E-state index contributed by atoms with van der Waals surface area (Å²) < 4.78 is 5.77. The topological polar surface area (TPSA) is 46.2 Å². The Hall–Kier alpha value is -1.29. The molecule has 0 aliphatic carbocycles. The molecule has 2 rings (SSSR count). The Labute approximate surface area is 96.4 Å². The number of rotatable bonds is 2. The van der Waals surface area contributed by atoms with Crippen LogP contribution in [-0.2, 0) is 6.54 Å². The molecule has 0 fully saturated rings. The van der Waals surface area contributed by atoms with Crippen molar-refractivity contribution < 1.29 is 4.74 Å². The predicted molar refractivity (Wildman–Crippen MR) is 64.8 cm³/mol. The van der Waals surface area contributed by atoms with Crippen molar-refractivity contribution in [2.75, 3.05) is 11.9 Å². The Bertz CT molecular complexity index is 365. The van der Waals surface area contributed by atoms with Crippen LogP contribution in [0.5, 0.6) is 5.88 Å². The normalized spacial score (nSPS) is 19.9. The van der Waals surface area contributed by atoms with Crippen molar-refractivity contribution in [3.8, 4) is 5.88 Å². The monoisotopic (exact) mass is 221 g/mol. The molecule has 0 aromatic carbocycles. The summed E-state index contributed by atoms with van der Waals surface area (Å²) in [6.07, 6.45) is 0.169. The number of fused-ring (bicyclic) bond motifs is 1. The zero-order valence-electron chi connectivity index (χ0n) is 10.1. The molecular weight excluding hydrogens is 202 g/mol. The summed E-state index contributed by atoms with van der Waals surface area (Å²) in [4.78, 5) is 4.49. The van der Waals surface area contributed by atoms with Gasteiger partial charge in [0, 0.05) is 24.7 Å². The van der Waals surface area contributed by atoms with Crippen LogP contribution in [0.15, 0.2) is 12.1 Å². The van der Waals surface area contributed by atoms with Crippen molar-refractivity contribution in [1.82, 2.24) is 10.3 Å². The number of hydrogen-bond donors (Lipinski definition) is 2. The third-order valence-electron chi connectivity index (χ3n) is 2.44. The average molecular weight is 221 g/mol. The van der Waals surface area contributed by atoms with Crippen LogP contribution in [0.3, 0.4) is 0 Å². The fraction of sp³-hybridized carbons (Fsp3) is 0.583. The molecule has 2 heterocycles. The molecule has 1 aromatic heterocycles. The van der Waals surface area contributed by atoms with E-state index in [1.807, 2.05) is 13.0 Å². The molecule has 0 saturated carbocycles. The highest BCUT2D eigenvalue weighted by atomic mass is 16.5. The second-order valence-electron chi connectivity index (χ2n) is 4.52. The lowest BCUT2D eigenvalue weighted by Gasteiger charge is -2.14. The maximum Gasteiger partial charge on any atom is 0.220 e. The number of nitrogens with one attached hydrogen (secondary N) is 2. The molecule has 0 saturated heterocycles. The van der Waals surface area contributed by atoms with Gasteiger partial charge in [-0.2, -0.15) is 4.98 Å². The van der Waals surface area contributed by atoms with Crippen LogP contribution >= 0.6 is 0 Å². The first-order chi connectivity index (χ1) is 7.65. The molecule has 0 spiro atoms. The molecule has 16 heavy (non-hydrogen) atoms. The van der Waals surface area contributed by atoms with E-state index >= 15 is 0 Å². The molecular formula is C12H19N3O. The van der Waals surface area contributed by atoms with Gasteiger partial charge in [0.15, 0.2) is 0 Å². The largest absolute Gasteiger partial charge is 0.473 e. The minimum Gasteiger partial charge on any atom is -0.473 e. The van der Waals surface area contributed by atoms with Gasteiger partial charge in [0.2, 0.25) is 5.88 Å². The SMILES string of the molecule is CC(C)Nc1ccc2c(n1)O[C@H](C)CNC2. The zero-order chi connectivity index (χ0) is 11.5. The molecule has 1 atom stereocenters. The highest BCUT2D eigenvalue weighted by Crippen LogP contribution is 2.22. The Morgan fingerprint density at radius 1 is 1.50 bits per heavy atom. The van der Waals surface area contributed by atoms with Gasteiger partial charge in [0.25, 0.3) is 0 Å². The van der Waals surface area contributed by atoms with E-state index in [2.05, 4.69) is 35.5 Å². The molecule has 0 bridgehead atoms. The van der Waals surface area contributed by atoms with E-state index in [9.17, 15) is 0 Å². The van der Waals surface area contributed by atoms with Gasteiger partial charge in [0.05, 0.1) is 0 Å². The molecule has 0 radical (unpaired) electrons. The standard InChI is InChI=1S/C12H19N3O/c1-8(2)14-11-5-4-10-7-13-6-9(3)16-12(10)15-11/h4-5,8-9,13H,6-7H2,1-3H3,(H,14,15)/t9-/m1/s1. The predicted octanol–water partition coefficient (Wildman–Crippen LogP) is 1.77. The summed E-state index contributed by atoms with van der Waals surface area (Å²) in [6.45, 7) is 7.93. The zero-order valence-corrected chi connectivity index (χ0v) is 10.1. The van der Waals surface area contributed by atoms with Crippen molar-refractivity contribution in [1.29, 1.82) is 0 Å². The lowest BCUT2D eigenvalue weighted by Crippen LogP contribution is -2.25. The van der Waals surface area contributed by atoms with E-state index in [0.717, 1.165) is 30.4 Å². The van der Waals surface area contributed by atoms with Gasteiger partial charge in [-0.25, -0.2) is 0 Å². The lowest BCUT2D eigenvalue weighted by molar-refractivity contribution is 0.218. The maximum absolute atomic E-state index is 5.77. The fourth-order valence-electron chi connectivity index (χ4n) is 1.72. The lowest BCUT2D eigenvalue weighted by atomic mass is 10.2.